The lowest BCUT2D eigenvalue weighted by molar-refractivity contribution is -0.145. The number of halogens is 3. The van der Waals surface area contributed by atoms with Crippen molar-refractivity contribution in [2.45, 2.75) is 12.2 Å². The number of alkyl halides is 3. The minimum absolute atomic E-state index is 0.0357. The number of amides is 1. The Balaban J connectivity index is 2.18. The Kier molecular flexibility index (Phi) is 4.81. The fraction of sp³-hybridized carbons (Fsp3) is 0.462. The van der Waals surface area contributed by atoms with Gasteiger partial charge in [0.05, 0.1) is 19.2 Å². The molecule has 23 heavy (non-hydrogen) atoms. The molecule has 1 aromatic heterocycles. The van der Waals surface area contributed by atoms with Crippen LogP contribution in [0.5, 0.6) is 0 Å². The van der Waals surface area contributed by atoms with Gasteiger partial charge in [0.1, 0.15) is 11.9 Å². The SMILES string of the molecule is [B]C(=O)N1CCN(c2ccc(C(F)(F)F)cn2)C[C@@H]1C(=O)OC. The van der Waals surface area contributed by atoms with Crippen LogP contribution < -0.4 is 4.90 Å². The average molecular weight is 327 g/mol. The van der Waals surface area contributed by atoms with E-state index in [4.69, 9.17) is 7.85 Å². The molecule has 6 nitrogen and oxygen atoms in total. The predicted molar refractivity (Wildman–Crippen MR) is 75.1 cm³/mol. The first-order valence-electron chi connectivity index (χ1n) is 6.66. The molecule has 1 aliphatic heterocycles. The Morgan fingerprint density at radius 2 is 2.04 bits per heavy atom. The van der Waals surface area contributed by atoms with E-state index in [0.29, 0.717) is 0 Å². The average Bonchev–Trinajstić information content (AvgIpc) is 2.52. The third-order valence-corrected chi connectivity index (χ3v) is 3.54. The molecule has 2 radical (unpaired) electrons. The fourth-order valence-electron chi connectivity index (χ4n) is 2.33. The van der Waals surface area contributed by atoms with Gasteiger partial charge in [-0.3, -0.25) is 4.79 Å². The van der Waals surface area contributed by atoms with E-state index in [1.165, 1.54) is 13.2 Å². The zero-order valence-electron chi connectivity index (χ0n) is 12.2. The first-order valence-corrected chi connectivity index (χ1v) is 6.66. The molecule has 1 fully saturated rings. The van der Waals surface area contributed by atoms with Gasteiger partial charge in [0.15, 0.2) is 5.81 Å². The van der Waals surface area contributed by atoms with Gasteiger partial charge in [-0.05, 0) is 12.1 Å². The summed E-state index contributed by atoms with van der Waals surface area (Å²) in [5.41, 5.74) is -0.860. The third kappa shape index (κ3) is 3.75. The van der Waals surface area contributed by atoms with Crippen molar-refractivity contribution in [3.8, 4) is 0 Å². The third-order valence-electron chi connectivity index (χ3n) is 3.54. The number of hydrogen-bond donors (Lipinski definition) is 0. The van der Waals surface area contributed by atoms with E-state index in [0.717, 1.165) is 17.2 Å². The summed E-state index contributed by atoms with van der Waals surface area (Å²) in [5, 5.41) is 0. The zero-order chi connectivity index (χ0) is 17.2. The van der Waals surface area contributed by atoms with Gasteiger partial charge in [-0.2, -0.15) is 13.2 Å². The number of rotatable bonds is 2. The predicted octanol–water partition coefficient (Wildman–Crippen LogP) is 1.05. The van der Waals surface area contributed by atoms with E-state index < -0.39 is 29.6 Å². The number of carbonyl (C=O) groups is 2. The normalized spacial score (nSPS) is 18.7. The quantitative estimate of drug-likeness (QED) is 0.600. The first-order chi connectivity index (χ1) is 10.7. The molecule has 122 valence electrons. The highest BCUT2D eigenvalue weighted by molar-refractivity contribution is 6.57. The van der Waals surface area contributed by atoms with Crippen molar-refractivity contribution >= 4 is 25.4 Å². The summed E-state index contributed by atoms with van der Waals surface area (Å²) in [7, 11) is 6.40. The lowest BCUT2D eigenvalue weighted by atomic mass is 10.0. The van der Waals surface area contributed by atoms with Crippen molar-refractivity contribution in [1.29, 1.82) is 0 Å². The van der Waals surface area contributed by atoms with Crippen molar-refractivity contribution in [3.63, 3.8) is 0 Å². The zero-order valence-corrected chi connectivity index (χ0v) is 12.2. The number of esters is 1. The molecule has 0 N–H and O–H groups in total. The Bertz CT molecular complexity index is 594. The smallest absolute Gasteiger partial charge is 0.417 e. The number of methoxy groups -OCH3 is 1. The van der Waals surface area contributed by atoms with E-state index in [9.17, 15) is 22.8 Å². The molecule has 2 rings (SSSR count). The molecule has 1 aliphatic rings. The van der Waals surface area contributed by atoms with Crippen LogP contribution >= 0.6 is 0 Å². The summed E-state index contributed by atoms with van der Waals surface area (Å²) < 4.78 is 42.3. The van der Waals surface area contributed by atoms with Crippen LogP contribution in [0.2, 0.25) is 0 Å². The molecule has 10 heteroatoms. The summed E-state index contributed by atoms with van der Waals surface area (Å²) >= 11 is 0. The van der Waals surface area contributed by atoms with Crippen molar-refractivity contribution in [2.75, 3.05) is 31.6 Å². The lowest BCUT2D eigenvalue weighted by Gasteiger charge is -2.40. The Morgan fingerprint density at radius 1 is 1.35 bits per heavy atom. The number of piperazine rings is 1. The minimum Gasteiger partial charge on any atom is -0.467 e. The number of aromatic nitrogens is 1. The van der Waals surface area contributed by atoms with Crippen LogP contribution in [-0.2, 0) is 15.7 Å². The maximum absolute atomic E-state index is 12.5. The molecule has 1 amide bonds. The van der Waals surface area contributed by atoms with Gasteiger partial charge in [-0.15, -0.1) is 0 Å². The molecule has 0 aromatic carbocycles. The molecule has 0 bridgehead atoms. The van der Waals surface area contributed by atoms with Crippen LogP contribution in [0, 0.1) is 0 Å². The van der Waals surface area contributed by atoms with Crippen molar-refractivity contribution in [1.82, 2.24) is 9.88 Å². The van der Waals surface area contributed by atoms with Gasteiger partial charge in [0.2, 0.25) is 7.85 Å². The van der Waals surface area contributed by atoms with Gasteiger partial charge in [0, 0.05) is 19.3 Å². The summed E-state index contributed by atoms with van der Waals surface area (Å²) in [6.07, 6.45) is -3.74. The second-order valence-electron chi connectivity index (χ2n) is 4.92. The topological polar surface area (TPSA) is 62.7 Å². The van der Waals surface area contributed by atoms with Crippen LogP contribution in [0.1, 0.15) is 5.56 Å². The largest absolute Gasteiger partial charge is 0.467 e. The van der Waals surface area contributed by atoms with E-state index in [1.54, 1.807) is 4.90 Å². The molecule has 0 saturated carbocycles. The molecule has 1 atom stereocenters. The van der Waals surface area contributed by atoms with Gasteiger partial charge in [-0.1, -0.05) is 0 Å². The second kappa shape index (κ2) is 6.47. The number of nitrogens with zero attached hydrogens (tertiary/aromatic N) is 3. The minimum atomic E-state index is -4.47. The van der Waals surface area contributed by atoms with E-state index >= 15 is 0 Å². The van der Waals surface area contributed by atoms with Gasteiger partial charge >= 0.3 is 12.1 Å². The van der Waals surface area contributed by atoms with Gasteiger partial charge in [0.25, 0.3) is 0 Å². The standard InChI is InChI=1S/C13H13BF3N3O3/c1-23-11(21)9-7-19(4-5-20(9)12(14)22)10-3-2-8(6-18-10)13(15,16)17/h2-3,6,9H,4-5,7H2,1H3/t9-/m1/s1. The highest BCUT2D eigenvalue weighted by Gasteiger charge is 2.35. The van der Waals surface area contributed by atoms with Crippen molar-refractivity contribution < 1.29 is 27.5 Å². The monoisotopic (exact) mass is 327 g/mol. The molecule has 0 aliphatic carbocycles. The second-order valence-corrected chi connectivity index (χ2v) is 4.92. The number of pyridine rings is 1. The van der Waals surface area contributed by atoms with Crippen LogP contribution in [0.3, 0.4) is 0 Å². The van der Waals surface area contributed by atoms with Crippen molar-refractivity contribution in [2.24, 2.45) is 0 Å². The fourth-order valence-corrected chi connectivity index (χ4v) is 2.33. The molecule has 1 saturated heterocycles. The van der Waals surface area contributed by atoms with Crippen LogP contribution in [0.15, 0.2) is 18.3 Å². The molecular formula is C13H13BF3N3O3. The van der Waals surface area contributed by atoms with E-state index in [1.807, 2.05) is 0 Å². The number of anilines is 1. The molecular weight excluding hydrogens is 314 g/mol. The van der Waals surface area contributed by atoms with Crippen LogP contribution in [0.25, 0.3) is 0 Å². The molecule has 0 spiro atoms. The maximum atomic E-state index is 12.5. The van der Waals surface area contributed by atoms with Gasteiger partial charge in [-0.25, -0.2) is 9.78 Å². The summed E-state index contributed by atoms with van der Waals surface area (Å²) in [6, 6.07) is 1.20. The van der Waals surface area contributed by atoms with Crippen LogP contribution in [0.4, 0.5) is 23.8 Å². The Hall–Kier alpha value is -2.26. The lowest BCUT2D eigenvalue weighted by Crippen LogP contribution is -2.58. The number of ether oxygens (including phenoxy) is 1. The Morgan fingerprint density at radius 3 is 2.52 bits per heavy atom. The van der Waals surface area contributed by atoms with Gasteiger partial charge < -0.3 is 14.5 Å². The summed E-state index contributed by atoms with van der Waals surface area (Å²) in [5.74, 6) is -1.14. The highest BCUT2D eigenvalue weighted by Crippen LogP contribution is 2.29. The highest BCUT2D eigenvalue weighted by atomic mass is 19.4. The first kappa shape index (κ1) is 17.1. The number of hydrogen-bond acceptors (Lipinski definition) is 5. The number of carbonyl (C=O) groups excluding carboxylic acids is 2. The molecule has 2 heterocycles. The molecule has 0 unspecified atom stereocenters. The van der Waals surface area contributed by atoms with E-state index in [-0.39, 0.29) is 25.5 Å². The van der Waals surface area contributed by atoms with Crippen LogP contribution in [-0.4, -0.2) is 62.3 Å². The summed E-state index contributed by atoms with van der Waals surface area (Å²) in [6.45, 7) is 0.459. The van der Waals surface area contributed by atoms with Crippen molar-refractivity contribution in [3.05, 3.63) is 23.9 Å². The van der Waals surface area contributed by atoms with E-state index in [2.05, 4.69) is 9.72 Å². The summed E-state index contributed by atoms with van der Waals surface area (Å²) in [4.78, 5) is 29.7. The molecule has 1 aromatic rings. The Labute approximate surface area is 131 Å². The maximum Gasteiger partial charge on any atom is 0.417 e.